The first kappa shape index (κ1) is 36.5. The van der Waals surface area contributed by atoms with Crippen LogP contribution in [0, 0.1) is 0 Å². The van der Waals surface area contributed by atoms with Gasteiger partial charge in [0.25, 0.3) is 11.8 Å². The summed E-state index contributed by atoms with van der Waals surface area (Å²) in [6.07, 6.45) is 1.62. The fourth-order valence-corrected chi connectivity index (χ4v) is 6.86. The number of rotatable bonds is 13. The Morgan fingerprint density at radius 3 is 1.93 bits per heavy atom. The fraction of sp³-hybridized carbons (Fsp3) is 0.0426. The molecule has 7 rings (SSSR count). The molecule has 7 aromatic rings. The van der Waals surface area contributed by atoms with E-state index in [0.29, 0.717) is 29.2 Å². The summed E-state index contributed by atoms with van der Waals surface area (Å²) in [6.45, 7) is 0.430. The number of nitrogens with one attached hydrogen (secondary N) is 3. The predicted octanol–water partition coefficient (Wildman–Crippen LogP) is 10.3. The molecule has 0 bridgehead atoms. The van der Waals surface area contributed by atoms with Crippen molar-refractivity contribution in [1.29, 1.82) is 0 Å². The summed E-state index contributed by atoms with van der Waals surface area (Å²) >= 11 is 1.41. The van der Waals surface area contributed by atoms with Gasteiger partial charge in [-0.2, -0.15) is 0 Å². The Morgan fingerprint density at radius 2 is 1.22 bits per heavy atom. The van der Waals surface area contributed by atoms with Crippen LogP contribution in [0.5, 0.6) is 5.75 Å². The summed E-state index contributed by atoms with van der Waals surface area (Å²) in [5.41, 5.74) is 4.35. The first-order valence-electron chi connectivity index (χ1n) is 17.7. The molecule has 0 aliphatic rings. The fourth-order valence-electron chi connectivity index (χ4n) is 5.84. The van der Waals surface area contributed by atoms with Crippen molar-refractivity contribution >= 4 is 57.7 Å². The van der Waals surface area contributed by atoms with Crippen molar-refractivity contribution < 1.29 is 19.1 Å². The topological polar surface area (TPSA) is 96.5 Å². The second-order valence-electron chi connectivity index (χ2n) is 12.7. The van der Waals surface area contributed by atoms with E-state index in [4.69, 9.17) is 4.74 Å². The highest BCUT2D eigenvalue weighted by Gasteiger charge is 2.23. The minimum absolute atomic E-state index is 0.0692. The lowest BCUT2D eigenvalue weighted by molar-refractivity contribution is -0.116. The summed E-state index contributed by atoms with van der Waals surface area (Å²) in [5.74, 6) is -0.376. The largest absolute Gasteiger partial charge is 0.489 e. The van der Waals surface area contributed by atoms with Gasteiger partial charge >= 0.3 is 0 Å². The highest BCUT2D eigenvalue weighted by molar-refractivity contribution is 8.00. The molecule has 0 saturated carbocycles. The number of amides is 3. The summed E-state index contributed by atoms with van der Waals surface area (Å²) in [6, 6.07) is 56.7. The van der Waals surface area contributed by atoms with Gasteiger partial charge in [-0.05, 0) is 94.2 Å². The maximum absolute atomic E-state index is 13.8. The van der Waals surface area contributed by atoms with Crippen LogP contribution in [0.3, 0.4) is 0 Å². The minimum Gasteiger partial charge on any atom is -0.489 e. The van der Waals surface area contributed by atoms with E-state index in [1.165, 1.54) is 11.8 Å². The molecular formula is C47H37N3O4S. The SMILES string of the molecule is O=C(Nc1ccc(SC(C(=O)Nc2ccc3ccccc3c2)c2ccccc2)cc1)/C(=C/c1ccc(OCc2ccccc2)cc1)NC(=O)c1ccccc1. The zero-order chi connectivity index (χ0) is 37.8. The quantitative estimate of drug-likeness (QED) is 0.0808. The average Bonchev–Trinajstić information content (AvgIpc) is 3.23. The highest BCUT2D eigenvalue weighted by Crippen LogP contribution is 2.37. The molecule has 0 aliphatic carbocycles. The molecule has 0 aliphatic heterocycles. The third-order valence-corrected chi connectivity index (χ3v) is 9.96. The summed E-state index contributed by atoms with van der Waals surface area (Å²) in [5, 5.41) is 10.4. The Morgan fingerprint density at radius 1 is 0.600 bits per heavy atom. The zero-order valence-corrected chi connectivity index (χ0v) is 30.5. The van der Waals surface area contributed by atoms with Gasteiger partial charge in [-0.25, -0.2) is 0 Å². The van der Waals surface area contributed by atoms with Crippen LogP contribution in [0.25, 0.3) is 16.8 Å². The van der Waals surface area contributed by atoms with Gasteiger partial charge in [-0.1, -0.05) is 121 Å². The minimum atomic E-state index is -0.536. The molecule has 0 saturated heterocycles. The molecule has 270 valence electrons. The van der Waals surface area contributed by atoms with Crippen molar-refractivity contribution in [3.8, 4) is 5.75 Å². The monoisotopic (exact) mass is 739 g/mol. The van der Waals surface area contributed by atoms with Crippen LogP contribution in [0.1, 0.15) is 32.3 Å². The van der Waals surface area contributed by atoms with Gasteiger partial charge in [-0.3, -0.25) is 14.4 Å². The maximum Gasteiger partial charge on any atom is 0.272 e. The van der Waals surface area contributed by atoms with Crippen LogP contribution in [0.2, 0.25) is 0 Å². The van der Waals surface area contributed by atoms with E-state index in [-0.39, 0.29) is 11.6 Å². The Bertz CT molecular complexity index is 2420. The molecule has 1 unspecified atom stereocenters. The lowest BCUT2D eigenvalue weighted by Crippen LogP contribution is -2.30. The summed E-state index contributed by atoms with van der Waals surface area (Å²) in [4.78, 5) is 41.5. The Balaban J connectivity index is 1.06. The number of carbonyl (C=O) groups is 3. The number of hydrogen-bond acceptors (Lipinski definition) is 5. The molecule has 0 radical (unpaired) electrons. The number of carbonyl (C=O) groups excluding carboxylic acids is 3. The number of anilines is 2. The van der Waals surface area contributed by atoms with E-state index < -0.39 is 17.1 Å². The van der Waals surface area contributed by atoms with Gasteiger partial charge in [0.2, 0.25) is 5.91 Å². The molecule has 0 heterocycles. The predicted molar refractivity (Wildman–Crippen MR) is 222 cm³/mol. The van der Waals surface area contributed by atoms with Gasteiger partial charge in [0.15, 0.2) is 0 Å². The molecule has 0 spiro atoms. The molecule has 3 N–H and O–H groups in total. The van der Waals surface area contributed by atoms with Gasteiger partial charge in [0, 0.05) is 21.8 Å². The van der Waals surface area contributed by atoms with Crippen LogP contribution >= 0.6 is 11.8 Å². The van der Waals surface area contributed by atoms with Crippen molar-refractivity contribution in [3.05, 3.63) is 210 Å². The molecule has 0 fully saturated rings. The smallest absolute Gasteiger partial charge is 0.272 e. The van der Waals surface area contributed by atoms with Crippen LogP contribution in [0.4, 0.5) is 11.4 Å². The molecular weight excluding hydrogens is 703 g/mol. The average molecular weight is 740 g/mol. The summed E-state index contributed by atoms with van der Waals surface area (Å²) in [7, 11) is 0. The zero-order valence-electron chi connectivity index (χ0n) is 29.7. The standard InChI is InChI=1S/C47H37N3O4S/c51-45(37-17-8-3-9-18-37)50-43(30-33-20-26-41(27-21-33)54-32-34-12-4-1-5-13-34)46(52)48-39-24-28-42(29-25-39)55-44(36-15-6-2-7-16-36)47(53)49-40-23-22-35-14-10-11-19-38(35)31-40/h1-31,44H,32H2,(H,48,52)(H,49,53)(H,50,51)/b43-30-. The number of fused-ring (bicyclic) bond motifs is 1. The van der Waals surface area contributed by atoms with Crippen molar-refractivity contribution in [2.24, 2.45) is 0 Å². The van der Waals surface area contributed by atoms with E-state index in [0.717, 1.165) is 32.5 Å². The molecule has 3 amide bonds. The summed E-state index contributed by atoms with van der Waals surface area (Å²) < 4.78 is 5.92. The first-order chi connectivity index (χ1) is 27.0. The van der Waals surface area contributed by atoms with Crippen LogP contribution in [0.15, 0.2) is 193 Å². The van der Waals surface area contributed by atoms with Crippen LogP contribution in [-0.4, -0.2) is 17.7 Å². The van der Waals surface area contributed by atoms with Gasteiger partial charge in [-0.15, -0.1) is 11.8 Å². The van der Waals surface area contributed by atoms with Crippen LogP contribution < -0.4 is 20.7 Å². The van der Waals surface area contributed by atoms with E-state index >= 15 is 0 Å². The second-order valence-corrected chi connectivity index (χ2v) is 13.8. The molecule has 0 aromatic heterocycles. The van der Waals surface area contributed by atoms with Gasteiger partial charge in [0.1, 0.15) is 23.3 Å². The van der Waals surface area contributed by atoms with Crippen LogP contribution in [-0.2, 0) is 16.2 Å². The number of benzene rings is 7. The van der Waals surface area contributed by atoms with Gasteiger partial charge < -0.3 is 20.7 Å². The molecule has 55 heavy (non-hydrogen) atoms. The van der Waals surface area contributed by atoms with E-state index in [1.54, 1.807) is 42.5 Å². The Labute approximate surface area is 324 Å². The van der Waals surface area contributed by atoms with E-state index in [9.17, 15) is 14.4 Å². The maximum atomic E-state index is 13.8. The molecule has 7 nitrogen and oxygen atoms in total. The van der Waals surface area contributed by atoms with Crippen molar-refractivity contribution in [3.63, 3.8) is 0 Å². The Kier molecular flexibility index (Phi) is 11.8. The normalized spacial score (nSPS) is 11.7. The van der Waals surface area contributed by atoms with Gasteiger partial charge in [0.05, 0.1) is 0 Å². The third-order valence-electron chi connectivity index (χ3n) is 8.69. The lowest BCUT2D eigenvalue weighted by Gasteiger charge is -2.18. The molecule has 7 aromatic carbocycles. The van der Waals surface area contributed by atoms with Crippen molar-refractivity contribution in [1.82, 2.24) is 5.32 Å². The van der Waals surface area contributed by atoms with E-state index in [1.807, 2.05) is 146 Å². The Hall–Kier alpha value is -6.90. The molecule has 8 heteroatoms. The number of thioether (sulfide) groups is 1. The third kappa shape index (κ3) is 9.95. The number of hydrogen-bond donors (Lipinski definition) is 3. The van der Waals surface area contributed by atoms with Crippen molar-refractivity contribution in [2.75, 3.05) is 10.6 Å². The highest BCUT2D eigenvalue weighted by atomic mass is 32.2. The lowest BCUT2D eigenvalue weighted by atomic mass is 10.1. The molecule has 1 atom stereocenters. The first-order valence-corrected chi connectivity index (χ1v) is 18.6. The van der Waals surface area contributed by atoms with Crippen molar-refractivity contribution in [2.45, 2.75) is 16.8 Å². The van der Waals surface area contributed by atoms with E-state index in [2.05, 4.69) is 16.0 Å². The number of ether oxygens (including phenoxy) is 1. The second kappa shape index (κ2) is 17.7.